The number of benzene rings is 1. The van der Waals surface area contributed by atoms with Gasteiger partial charge in [-0.15, -0.1) is 0 Å². The van der Waals surface area contributed by atoms with E-state index < -0.39 is 0 Å². The second-order valence-electron chi connectivity index (χ2n) is 3.80. The van der Waals surface area contributed by atoms with E-state index in [1.807, 2.05) is 12.1 Å². The predicted octanol–water partition coefficient (Wildman–Crippen LogP) is 2.36. The number of imidazole rings is 1. The zero-order valence-corrected chi connectivity index (χ0v) is 9.09. The molecule has 0 aliphatic carbocycles. The number of nitrogens with one attached hydrogen (secondary N) is 1. The Kier molecular flexibility index (Phi) is 3.02. The topological polar surface area (TPSA) is 54.7 Å². The first-order valence-corrected chi connectivity index (χ1v) is 5.51. The lowest BCUT2D eigenvalue weighted by Crippen LogP contribution is -1.96. The lowest BCUT2D eigenvalue weighted by Gasteiger charge is -1.95. The van der Waals surface area contributed by atoms with Crippen molar-refractivity contribution in [1.82, 2.24) is 9.97 Å². The molecule has 0 amide bonds. The third kappa shape index (κ3) is 2.02. The Morgan fingerprint density at radius 2 is 2.27 bits per heavy atom. The van der Waals surface area contributed by atoms with Crippen LogP contribution in [0.4, 0.5) is 0 Å². The number of aromatic amines is 1. The fourth-order valence-corrected chi connectivity index (χ4v) is 1.77. The van der Waals surface area contributed by atoms with Crippen molar-refractivity contribution in [1.29, 1.82) is 0 Å². The van der Waals surface area contributed by atoms with Crippen molar-refractivity contribution in [2.24, 2.45) is 5.73 Å². The van der Waals surface area contributed by atoms with Crippen molar-refractivity contribution >= 4 is 11.0 Å². The number of hydrogen-bond acceptors (Lipinski definition) is 2. The number of para-hydroxylation sites is 1. The minimum atomic E-state index is 0.551. The van der Waals surface area contributed by atoms with Crippen LogP contribution in [0.1, 0.15) is 31.2 Å². The van der Waals surface area contributed by atoms with Gasteiger partial charge in [0, 0.05) is 13.0 Å². The average Bonchev–Trinajstić information content (AvgIpc) is 2.68. The standard InChI is InChI=1S/C12H17N3/c1-2-3-7-11-14-10-6-4-5-9(8-13)12(10)15-11/h4-6H,2-3,7-8,13H2,1H3,(H,14,15). The van der Waals surface area contributed by atoms with Crippen LogP contribution in [0, 0.1) is 0 Å². The van der Waals surface area contributed by atoms with Crippen molar-refractivity contribution in [2.45, 2.75) is 32.7 Å². The molecule has 0 saturated heterocycles. The van der Waals surface area contributed by atoms with Gasteiger partial charge < -0.3 is 10.7 Å². The lowest BCUT2D eigenvalue weighted by molar-refractivity contribution is 0.765. The van der Waals surface area contributed by atoms with E-state index in [1.165, 1.54) is 12.8 Å². The number of H-pyrrole nitrogens is 1. The molecular formula is C12H17N3. The van der Waals surface area contributed by atoms with E-state index in [1.54, 1.807) is 0 Å². The summed E-state index contributed by atoms with van der Waals surface area (Å²) in [6, 6.07) is 6.11. The zero-order valence-electron chi connectivity index (χ0n) is 9.09. The van der Waals surface area contributed by atoms with Crippen LogP contribution in [0.2, 0.25) is 0 Å². The van der Waals surface area contributed by atoms with E-state index in [0.717, 1.165) is 28.8 Å². The van der Waals surface area contributed by atoms with Crippen LogP contribution in [-0.4, -0.2) is 9.97 Å². The molecule has 2 aromatic rings. The number of fused-ring (bicyclic) bond motifs is 1. The van der Waals surface area contributed by atoms with Gasteiger partial charge in [-0.25, -0.2) is 4.98 Å². The third-order valence-electron chi connectivity index (χ3n) is 2.63. The Balaban J connectivity index is 2.37. The molecule has 0 spiro atoms. The van der Waals surface area contributed by atoms with Gasteiger partial charge in [0.25, 0.3) is 0 Å². The van der Waals surface area contributed by atoms with E-state index in [-0.39, 0.29) is 0 Å². The van der Waals surface area contributed by atoms with Crippen LogP contribution in [0.5, 0.6) is 0 Å². The molecule has 0 aliphatic rings. The highest BCUT2D eigenvalue weighted by atomic mass is 14.9. The highest BCUT2D eigenvalue weighted by Gasteiger charge is 2.05. The summed E-state index contributed by atoms with van der Waals surface area (Å²) in [4.78, 5) is 7.92. The molecule has 15 heavy (non-hydrogen) atoms. The molecule has 0 fully saturated rings. The number of unbranched alkanes of at least 4 members (excludes halogenated alkanes) is 1. The van der Waals surface area contributed by atoms with Crippen molar-refractivity contribution in [3.05, 3.63) is 29.6 Å². The maximum Gasteiger partial charge on any atom is 0.107 e. The highest BCUT2D eigenvalue weighted by Crippen LogP contribution is 2.16. The summed E-state index contributed by atoms with van der Waals surface area (Å²) in [5.41, 5.74) is 8.92. The molecule has 0 bridgehead atoms. The van der Waals surface area contributed by atoms with E-state index in [9.17, 15) is 0 Å². The number of rotatable bonds is 4. The summed E-state index contributed by atoms with van der Waals surface area (Å²) in [7, 11) is 0. The summed E-state index contributed by atoms with van der Waals surface area (Å²) in [5, 5.41) is 0. The molecule has 2 rings (SSSR count). The Morgan fingerprint density at radius 1 is 1.40 bits per heavy atom. The third-order valence-corrected chi connectivity index (χ3v) is 2.63. The van der Waals surface area contributed by atoms with Crippen LogP contribution in [-0.2, 0) is 13.0 Å². The molecule has 1 aromatic heterocycles. The minimum absolute atomic E-state index is 0.551. The van der Waals surface area contributed by atoms with Crippen LogP contribution < -0.4 is 5.73 Å². The molecule has 1 aromatic carbocycles. The quantitative estimate of drug-likeness (QED) is 0.801. The van der Waals surface area contributed by atoms with Gasteiger partial charge >= 0.3 is 0 Å². The normalized spacial score (nSPS) is 11.1. The lowest BCUT2D eigenvalue weighted by atomic mass is 10.2. The largest absolute Gasteiger partial charge is 0.342 e. The van der Waals surface area contributed by atoms with E-state index in [0.29, 0.717) is 6.54 Å². The number of hydrogen-bond donors (Lipinski definition) is 2. The fourth-order valence-electron chi connectivity index (χ4n) is 1.77. The van der Waals surface area contributed by atoms with Gasteiger partial charge in [0.1, 0.15) is 5.82 Å². The molecule has 3 N–H and O–H groups in total. The van der Waals surface area contributed by atoms with Crippen molar-refractivity contribution in [2.75, 3.05) is 0 Å². The zero-order chi connectivity index (χ0) is 10.7. The maximum atomic E-state index is 5.67. The Hall–Kier alpha value is -1.35. The monoisotopic (exact) mass is 203 g/mol. The smallest absolute Gasteiger partial charge is 0.107 e. The van der Waals surface area contributed by atoms with Gasteiger partial charge in [0.05, 0.1) is 11.0 Å². The minimum Gasteiger partial charge on any atom is -0.342 e. The summed E-state index contributed by atoms with van der Waals surface area (Å²) >= 11 is 0. The number of aryl methyl sites for hydroxylation is 1. The second kappa shape index (κ2) is 4.45. The molecule has 3 heteroatoms. The molecular weight excluding hydrogens is 186 g/mol. The molecule has 1 heterocycles. The molecule has 0 saturated carbocycles. The fraction of sp³-hybridized carbons (Fsp3) is 0.417. The van der Waals surface area contributed by atoms with Gasteiger partial charge in [0.15, 0.2) is 0 Å². The Labute approximate surface area is 89.7 Å². The van der Waals surface area contributed by atoms with Crippen LogP contribution >= 0.6 is 0 Å². The predicted molar refractivity (Wildman–Crippen MR) is 62.6 cm³/mol. The second-order valence-corrected chi connectivity index (χ2v) is 3.80. The van der Waals surface area contributed by atoms with Crippen molar-refractivity contribution in [3.63, 3.8) is 0 Å². The number of nitrogens with two attached hydrogens (primary N) is 1. The van der Waals surface area contributed by atoms with Gasteiger partial charge in [0.2, 0.25) is 0 Å². The van der Waals surface area contributed by atoms with Gasteiger partial charge in [-0.1, -0.05) is 25.5 Å². The molecule has 80 valence electrons. The first kappa shape index (κ1) is 10.2. The first-order valence-electron chi connectivity index (χ1n) is 5.51. The van der Waals surface area contributed by atoms with Crippen LogP contribution in [0.3, 0.4) is 0 Å². The molecule has 0 unspecified atom stereocenters. The van der Waals surface area contributed by atoms with Crippen LogP contribution in [0.15, 0.2) is 18.2 Å². The highest BCUT2D eigenvalue weighted by molar-refractivity contribution is 5.78. The summed E-state index contributed by atoms with van der Waals surface area (Å²) in [6.45, 7) is 2.74. The van der Waals surface area contributed by atoms with Crippen molar-refractivity contribution < 1.29 is 0 Å². The van der Waals surface area contributed by atoms with E-state index >= 15 is 0 Å². The summed E-state index contributed by atoms with van der Waals surface area (Å²) < 4.78 is 0. The molecule has 0 radical (unpaired) electrons. The van der Waals surface area contributed by atoms with Gasteiger partial charge in [-0.2, -0.15) is 0 Å². The number of nitrogens with zero attached hydrogens (tertiary/aromatic N) is 1. The molecule has 3 nitrogen and oxygen atoms in total. The maximum absolute atomic E-state index is 5.67. The van der Waals surface area contributed by atoms with Gasteiger partial charge in [-0.3, -0.25) is 0 Å². The Morgan fingerprint density at radius 3 is 3.00 bits per heavy atom. The van der Waals surface area contributed by atoms with Gasteiger partial charge in [-0.05, 0) is 18.1 Å². The molecule has 0 aliphatic heterocycles. The SMILES string of the molecule is CCCCc1nc2c(CN)cccc2[nH]1. The Bertz CT molecular complexity index is 445. The number of aromatic nitrogens is 2. The molecule has 0 atom stereocenters. The first-order chi connectivity index (χ1) is 7.35. The van der Waals surface area contributed by atoms with E-state index in [2.05, 4.69) is 23.0 Å². The van der Waals surface area contributed by atoms with Crippen LogP contribution in [0.25, 0.3) is 11.0 Å². The summed E-state index contributed by atoms with van der Waals surface area (Å²) in [5.74, 6) is 1.08. The van der Waals surface area contributed by atoms with Crippen molar-refractivity contribution in [3.8, 4) is 0 Å². The average molecular weight is 203 g/mol. The van der Waals surface area contributed by atoms with E-state index in [4.69, 9.17) is 5.73 Å². The summed E-state index contributed by atoms with van der Waals surface area (Å²) in [6.07, 6.45) is 3.40.